The van der Waals surface area contributed by atoms with Gasteiger partial charge in [-0.05, 0) is 24.1 Å². The number of hydrogen-bond acceptors (Lipinski definition) is 5. The lowest BCUT2D eigenvalue weighted by Gasteiger charge is -2.21. The summed E-state index contributed by atoms with van der Waals surface area (Å²) in [5.74, 6) is -0.311. The van der Waals surface area contributed by atoms with E-state index >= 15 is 0 Å². The number of hydrogen-bond donors (Lipinski definition) is 0. The molecule has 3 rings (SSSR count). The van der Waals surface area contributed by atoms with Crippen molar-refractivity contribution in [2.45, 2.75) is 19.9 Å². The van der Waals surface area contributed by atoms with Crippen molar-refractivity contribution in [2.24, 2.45) is 0 Å². The SMILES string of the molecule is CCCN(Cc1ccc(C(=O)OC)cc1)c1nc(-c2ccccc2)cs1. The molecule has 134 valence electrons. The van der Waals surface area contributed by atoms with Gasteiger partial charge in [0, 0.05) is 24.0 Å². The van der Waals surface area contributed by atoms with Gasteiger partial charge in [-0.2, -0.15) is 0 Å². The number of carbonyl (C=O) groups is 1. The number of aromatic nitrogens is 1. The van der Waals surface area contributed by atoms with Crippen LogP contribution in [-0.4, -0.2) is 24.6 Å². The van der Waals surface area contributed by atoms with Crippen molar-refractivity contribution in [2.75, 3.05) is 18.6 Å². The highest BCUT2D eigenvalue weighted by molar-refractivity contribution is 7.14. The van der Waals surface area contributed by atoms with Gasteiger partial charge in [-0.25, -0.2) is 9.78 Å². The zero-order chi connectivity index (χ0) is 18.4. The van der Waals surface area contributed by atoms with E-state index in [9.17, 15) is 4.79 Å². The largest absolute Gasteiger partial charge is 0.465 e. The molecule has 0 saturated heterocycles. The summed E-state index contributed by atoms with van der Waals surface area (Å²) in [6, 6.07) is 17.8. The van der Waals surface area contributed by atoms with Crippen molar-refractivity contribution < 1.29 is 9.53 Å². The predicted octanol–water partition coefficient (Wildman–Crippen LogP) is 5.01. The van der Waals surface area contributed by atoms with E-state index in [4.69, 9.17) is 9.72 Å². The molecule has 0 saturated carbocycles. The lowest BCUT2D eigenvalue weighted by molar-refractivity contribution is 0.0600. The summed E-state index contributed by atoms with van der Waals surface area (Å²) >= 11 is 1.66. The monoisotopic (exact) mass is 366 g/mol. The van der Waals surface area contributed by atoms with Gasteiger partial charge in [-0.1, -0.05) is 49.4 Å². The minimum atomic E-state index is -0.311. The molecule has 0 aliphatic carbocycles. The van der Waals surface area contributed by atoms with Crippen molar-refractivity contribution in [1.82, 2.24) is 4.98 Å². The smallest absolute Gasteiger partial charge is 0.337 e. The second-order valence-corrected chi connectivity index (χ2v) is 6.83. The number of nitrogens with zero attached hydrogens (tertiary/aromatic N) is 2. The Kier molecular flexibility index (Phi) is 6.02. The molecule has 0 fully saturated rings. The van der Waals surface area contributed by atoms with Crippen LogP contribution in [0.2, 0.25) is 0 Å². The molecule has 0 atom stereocenters. The third kappa shape index (κ3) is 4.29. The normalized spacial score (nSPS) is 10.5. The Morgan fingerprint density at radius 3 is 2.50 bits per heavy atom. The maximum Gasteiger partial charge on any atom is 0.337 e. The van der Waals surface area contributed by atoms with Gasteiger partial charge in [-0.15, -0.1) is 11.3 Å². The molecule has 1 heterocycles. The molecule has 0 bridgehead atoms. The molecule has 26 heavy (non-hydrogen) atoms. The molecule has 0 aliphatic rings. The van der Waals surface area contributed by atoms with E-state index in [1.165, 1.54) is 7.11 Å². The number of esters is 1. The minimum Gasteiger partial charge on any atom is -0.465 e. The van der Waals surface area contributed by atoms with E-state index < -0.39 is 0 Å². The number of carbonyl (C=O) groups excluding carboxylic acids is 1. The number of ether oxygens (including phenoxy) is 1. The molecule has 4 nitrogen and oxygen atoms in total. The van der Waals surface area contributed by atoms with Gasteiger partial charge in [0.2, 0.25) is 0 Å². The second-order valence-electron chi connectivity index (χ2n) is 5.99. The van der Waals surface area contributed by atoms with Crippen molar-refractivity contribution in [3.05, 3.63) is 71.1 Å². The average Bonchev–Trinajstić information content (AvgIpc) is 3.18. The molecule has 0 radical (unpaired) electrons. The van der Waals surface area contributed by atoms with Crippen molar-refractivity contribution in [3.63, 3.8) is 0 Å². The van der Waals surface area contributed by atoms with Crippen LogP contribution in [0.4, 0.5) is 5.13 Å². The number of methoxy groups -OCH3 is 1. The topological polar surface area (TPSA) is 42.4 Å². The molecule has 0 unspecified atom stereocenters. The molecule has 2 aromatic carbocycles. The van der Waals surface area contributed by atoms with E-state index in [1.807, 2.05) is 42.5 Å². The molecule has 0 aliphatic heterocycles. The Morgan fingerprint density at radius 2 is 1.85 bits per heavy atom. The molecule has 0 N–H and O–H groups in total. The average molecular weight is 366 g/mol. The van der Waals surface area contributed by atoms with E-state index in [-0.39, 0.29) is 5.97 Å². The second kappa shape index (κ2) is 8.63. The Bertz CT molecular complexity index is 844. The van der Waals surface area contributed by atoms with E-state index in [2.05, 4.69) is 29.3 Å². The van der Waals surface area contributed by atoms with Gasteiger partial charge in [-0.3, -0.25) is 0 Å². The highest BCUT2D eigenvalue weighted by Gasteiger charge is 2.13. The first kappa shape index (κ1) is 18.1. The van der Waals surface area contributed by atoms with Crippen LogP contribution < -0.4 is 4.90 Å². The van der Waals surface area contributed by atoms with Crippen LogP contribution in [0.25, 0.3) is 11.3 Å². The Labute approximate surface area is 158 Å². The van der Waals surface area contributed by atoms with Gasteiger partial charge in [0.15, 0.2) is 5.13 Å². The third-order valence-corrected chi connectivity index (χ3v) is 4.98. The van der Waals surface area contributed by atoms with Crippen molar-refractivity contribution >= 4 is 22.4 Å². The van der Waals surface area contributed by atoms with Crippen LogP contribution in [-0.2, 0) is 11.3 Å². The lowest BCUT2D eigenvalue weighted by atomic mass is 10.1. The summed E-state index contributed by atoms with van der Waals surface area (Å²) in [5, 5.41) is 3.12. The number of anilines is 1. The minimum absolute atomic E-state index is 0.311. The summed E-state index contributed by atoms with van der Waals surface area (Å²) in [7, 11) is 1.39. The van der Waals surface area contributed by atoms with Crippen LogP contribution in [0, 0.1) is 0 Å². The summed E-state index contributed by atoms with van der Waals surface area (Å²) in [6.07, 6.45) is 1.04. The quantitative estimate of drug-likeness (QED) is 0.551. The zero-order valence-corrected chi connectivity index (χ0v) is 15.8. The highest BCUT2D eigenvalue weighted by Crippen LogP contribution is 2.28. The van der Waals surface area contributed by atoms with Crippen LogP contribution >= 0.6 is 11.3 Å². The Morgan fingerprint density at radius 1 is 1.12 bits per heavy atom. The predicted molar refractivity (Wildman–Crippen MR) is 107 cm³/mol. The first-order valence-corrected chi connectivity index (χ1v) is 9.52. The first-order valence-electron chi connectivity index (χ1n) is 8.64. The fourth-order valence-electron chi connectivity index (χ4n) is 2.75. The van der Waals surface area contributed by atoms with Gasteiger partial charge in [0.25, 0.3) is 0 Å². The molecule has 0 amide bonds. The summed E-state index contributed by atoms with van der Waals surface area (Å²) in [6.45, 7) is 3.86. The molecular weight excluding hydrogens is 344 g/mol. The van der Waals surface area contributed by atoms with Crippen LogP contribution in [0.5, 0.6) is 0 Å². The summed E-state index contributed by atoms with van der Waals surface area (Å²) in [4.78, 5) is 18.7. The zero-order valence-electron chi connectivity index (χ0n) is 15.0. The molecular formula is C21H22N2O2S. The van der Waals surface area contributed by atoms with Gasteiger partial charge in [0.05, 0.1) is 18.4 Å². The highest BCUT2D eigenvalue weighted by atomic mass is 32.1. The Balaban J connectivity index is 1.77. The third-order valence-electron chi connectivity index (χ3n) is 4.07. The molecule has 5 heteroatoms. The number of rotatable bonds is 7. The molecule has 1 aromatic heterocycles. The van der Waals surface area contributed by atoms with Crippen molar-refractivity contribution in [3.8, 4) is 11.3 Å². The van der Waals surface area contributed by atoms with Crippen LogP contribution in [0.3, 0.4) is 0 Å². The number of thiazole rings is 1. The van der Waals surface area contributed by atoms with Crippen molar-refractivity contribution in [1.29, 1.82) is 0 Å². The Hall–Kier alpha value is -2.66. The summed E-state index contributed by atoms with van der Waals surface area (Å²) in [5.41, 5.74) is 3.85. The van der Waals surface area contributed by atoms with Crippen LogP contribution in [0.15, 0.2) is 60.0 Å². The maximum atomic E-state index is 11.6. The maximum absolute atomic E-state index is 11.6. The molecule has 0 spiro atoms. The van der Waals surface area contributed by atoms with Crippen LogP contribution in [0.1, 0.15) is 29.3 Å². The summed E-state index contributed by atoms with van der Waals surface area (Å²) < 4.78 is 4.75. The van der Waals surface area contributed by atoms with Gasteiger partial charge in [0.1, 0.15) is 0 Å². The standard InChI is InChI=1S/C21H22N2O2S/c1-3-13-23(14-16-9-11-18(12-10-16)20(24)25-2)21-22-19(15-26-21)17-7-5-4-6-8-17/h4-12,15H,3,13-14H2,1-2H3. The fourth-order valence-corrected chi connectivity index (χ4v) is 3.61. The fraction of sp³-hybridized carbons (Fsp3) is 0.238. The molecule has 3 aromatic rings. The van der Waals surface area contributed by atoms with Gasteiger partial charge >= 0.3 is 5.97 Å². The van der Waals surface area contributed by atoms with Gasteiger partial charge < -0.3 is 9.64 Å². The van der Waals surface area contributed by atoms with E-state index in [1.54, 1.807) is 11.3 Å². The lowest BCUT2D eigenvalue weighted by Crippen LogP contribution is -2.23. The van der Waals surface area contributed by atoms with E-state index in [0.29, 0.717) is 5.56 Å². The number of benzene rings is 2. The first-order chi connectivity index (χ1) is 12.7. The van der Waals surface area contributed by atoms with E-state index in [0.717, 1.165) is 41.5 Å².